The second-order valence-corrected chi connectivity index (χ2v) is 6.01. The Morgan fingerprint density at radius 3 is 3.05 bits per heavy atom. The van der Waals surface area contributed by atoms with Gasteiger partial charge in [-0.25, -0.2) is 0 Å². The summed E-state index contributed by atoms with van der Waals surface area (Å²) in [6.07, 6.45) is 5.08. The van der Waals surface area contributed by atoms with Crippen LogP contribution in [0.15, 0.2) is 18.2 Å². The molecule has 19 heavy (non-hydrogen) atoms. The highest BCUT2D eigenvalue weighted by Gasteiger charge is 2.41. The van der Waals surface area contributed by atoms with Crippen LogP contribution in [0.1, 0.15) is 30.4 Å². The van der Waals surface area contributed by atoms with Crippen LogP contribution in [0.3, 0.4) is 0 Å². The summed E-state index contributed by atoms with van der Waals surface area (Å²) in [7, 11) is 1.79. The SMILES string of the molecule is COCCC1(CNCc2ccc3c(c2)NCC3)CC1. The van der Waals surface area contributed by atoms with Gasteiger partial charge in [0.05, 0.1) is 0 Å². The van der Waals surface area contributed by atoms with Crippen LogP contribution in [0.25, 0.3) is 0 Å². The van der Waals surface area contributed by atoms with Gasteiger partial charge >= 0.3 is 0 Å². The number of nitrogens with one attached hydrogen (secondary N) is 2. The molecule has 0 amide bonds. The Bertz CT molecular complexity index is 440. The van der Waals surface area contributed by atoms with Gasteiger partial charge in [-0.15, -0.1) is 0 Å². The molecule has 3 heteroatoms. The molecule has 0 bridgehead atoms. The van der Waals surface area contributed by atoms with E-state index in [1.165, 1.54) is 42.5 Å². The van der Waals surface area contributed by atoms with Gasteiger partial charge in [0, 0.05) is 39.0 Å². The van der Waals surface area contributed by atoms with E-state index in [1.807, 2.05) is 0 Å². The molecule has 1 fully saturated rings. The second kappa shape index (κ2) is 5.51. The first-order valence-electron chi connectivity index (χ1n) is 7.37. The molecule has 3 nitrogen and oxygen atoms in total. The summed E-state index contributed by atoms with van der Waals surface area (Å²) in [6.45, 7) is 4.08. The molecular weight excluding hydrogens is 236 g/mol. The van der Waals surface area contributed by atoms with Gasteiger partial charge in [0.25, 0.3) is 0 Å². The Morgan fingerprint density at radius 2 is 2.26 bits per heavy atom. The molecular formula is C16H24N2O. The number of benzene rings is 1. The molecule has 1 saturated carbocycles. The zero-order valence-corrected chi connectivity index (χ0v) is 11.8. The number of hydrogen-bond acceptors (Lipinski definition) is 3. The number of fused-ring (bicyclic) bond motifs is 1. The van der Waals surface area contributed by atoms with Crippen molar-refractivity contribution in [3.8, 4) is 0 Å². The van der Waals surface area contributed by atoms with E-state index in [0.717, 1.165) is 26.2 Å². The smallest absolute Gasteiger partial charge is 0.0468 e. The van der Waals surface area contributed by atoms with Crippen LogP contribution in [-0.4, -0.2) is 26.8 Å². The van der Waals surface area contributed by atoms with Crippen LogP contribution >= 0.6 is 0 Å². The lowest BCUT2D eigenvalue weighted by Gasteiger charge is -2.15. The van der Waals surface area contributed by atoms with Crippen LogP contribution in [0.2, 0.25) is 0 Å². The Morgan fingerprint density at radius 1 is 1.37 bits per heavy atom. The molecule has 1 aromatic rings. The van der Waals surface area contributed by atoms with Crippen molar-refractivity contribution in [2.24, 2.45) is 5.41 Å². The predicted octanol–water partition coefficient (Wildman–Crippen LogP) is 2.56. The fourth-order valence-corrected chi connectivity index (χ4v) is 2.93. The summed E-state index contributed by atoms with van der Waals surface area (Å²) in [5.74, 6) is 0. The van der Waals surface area contributed by atoms with Crippen LogP contribution in [0.5, 0.6) is 0 Å². The molecule has 1 aliphatic heterocycles. The van der Waals surface area contributed by atoms with Gasteiger partial charge in [-0.2, -0.15) is 0 Å². The molecule has 104 valence electrons. The van der Waals surface area contributed by atoms with Crippen molar-refractivity contribution in [2.45, 2.75) is 32.2 Å². The van der Waals surface area contributed by atoms with Crippen molar-refractivity contribution in [3.05, 3.63) is 29.3 Å². The van der Waals surface area contributed by atoms with Crippen molar-refractivity contribution >= 4 is 5.69 Å². The highest BCUT2D eigenvalue weighted by Crippen LogP contribution is 2.48. The van der Waals surface area contributed by atoms with E-state index in [1.54, 1.807) is 7.11 Å². The minimum Gasteiger partial charge on any atom is -0.385 e. The topological polar surface area (TPSA) is 33.3 Å². The summed E-state index contributed by atoms with van der Waals surface area (Å²) in [6, 6.07) is 6.82. The van der Waals surface area contributed by atoms with E-state index in [4.69, 9.17) is 4.74 Å². The van der Waals surface area contributed by atoms with Crippen molar-refractivity contribution in [1.82, 2.24) is 5.32 Å². The largest absolute Gasteiger partial charge is 0.385 e. The van der Waals surface area contributed by atoms with Gasteiger partial charge in [0.1, 0.15) is 0 Å². The molecule has 0 spiro atoms. The summed E-state index contributed by atoms with van der Waals surface area (Å²) in [5.41, 5.74) is 4.71. The third-order valence-electron chi connectivity index (χ3n) is 4.51. The lowest BCUT2D eigenvalue weighted by atomic mass is 10.0. The number of rotatable bonds is 7. The minimum atomic E-state index is 0.533. The van der Waals surface area contributed by atoms with Crippen LogP contribution in [0, 0.1) is 5.41 Å². The first-order chi connectivity index (χ1) is 9.31. The molecule has 1 aromatic carbocycles. The van der Waals surface area contributed by atoms with Crippen molar-refractivity contribution in [2.75, 3.05) is 32.1 Å². The van der Waals surface area contributed by atoms with Gasteiger partial charge in [-0.05, 0) is 48.3 Å². The van der Waals surface area contributed by atoms with E-state index >= 15 is 0 Å². The normalized spacial score (nSPS) is 19.0. The third kappa shape index (κ3) is 3.10. The van der Waals surface area contributed by atoms with Crippen LogP contribution in [0.4, 0.5) is 5.69 Å². The fraction of sp³-hybridized carbons (Fsp3) is 0.625. The maximum atomic E-state index is 5.20. The monoisotopic (exact) mass is 260 g/mol. The standard InChI is InChI=1S/C16H24N2O/c1-19-9-7-16(5-6-16)12-17-11-13-2-3-14-4-8-18-15(14)10-13/h2-3,10,17-18H,4-9,11-12H2,1H3. The first-order valence-corrected chi connectivity index (χ1v) is 7.37. The zero-order chi connectivity index (χ0) is 13.1. The maximum Gasteiger partial charge on any atom is 0.0468 e. The van der Waals surface area contributed by atoms with Gasteiger partial charge < -0.3 is 15.4 Å². The fourth-order valence-electron chi connectivity index (χ4n) is 2.93. The molecule has 0 aromatic heterocycles. The quantitative estimate of drug-likeness (QED) is 0.790. The lowest BCUT2D eigenvalue weighted by molar-refractivity contribution is 0.171. The summed E-state index contributed by atoms with van der Waals surface area (Å²) in [4.78, 5) is 0. The predicted molar refractivity (Wildman–Crippen MR) is 78.5 cm³/mol. The Kier molecular flexibility index (Phi) is 3.76. The van der Waals surface area contributed by atoms with Crippen LogP contribution < -0.4 is 10.6 Å². The molecule has 1 aliphatic carbocycles. The average Bonchev–Trinajstić information content (AvgIpc) is 3.03. The highest BCUT2D eigenvalue weighted by molar-refractivity contribution is 5.56. The second-order valence-electron chi connectivity index (χ2n) is 6.01. The maximum absolute atomic E-state index is 5.20. The van der Waals surface area contributed by atoms with Crippen molar-refractivity contribution < 1.29 is 4.74 Å². The third-order valence-corrected chi connectivity index (χ3v) is 4.51. The van der Waals surface area contributed by atoms with Crippen molar-refractivity contribution in [1.29, 1.82) is 0 Å². The van der Waals surface area contributed by atoms with E-state index in [2.05, 4.69) is 28.8 Å². The lowest BCUT2D eigenvalue weighted by Crippen LogP contribution is -2.24. The molecule has 2 aliphatic rings. The summed E-state index contributed by atoms with van der Waals surface area (Å²) in [5, 5.41) is 7.06. The molecule has 3 rings (SSSR count). The van der Waals surface area contributed by atoms with Gasteiger partial charge in [-0.3, -0.25) is 0 Å². The number of methoxy groups -OCH3 is 1. The van der Waals surface area contributed by atoms with E-state index < -0.39 is 0 Å². The summed E-state index contributed by atoms with van der Waals surface area (Å²) < 4.78 is 5.20. The Hall–Kier alpha value is -1.06. The van der Waals surface area contributed by atoms with Gasteiger partial charge in [-0.1, -0.05) is 12.1 Å². The van der Waals surface area contributed by atoms with E-state index in [0.29, 0.717) is 5.41 Å². The van der Waals surface area contributed by atoms with Gasteiger partial charge in [0.15, 0.2) is 0 Å². The molecule has 0 atom stereocenters. The Balaban J connectivity index is 1.47. The van der Waals surface area contributed by atoms with Crippen LogP contribution in [-0.2, 0) is 17.7 Å². The molecule has 0 unspecified atom stereocenters. The number of hydrogen-bond donors (Lipinski definition) is 2. The average molecular weight is 260 g/mol. The Labute approximate surface area is 115 Å². The first kappa shape index (κ1) is 12.9. The molecule has 2 N–H and O–H groups in total. The molecule has 0 radical (unpaired) electrons. The highest BCUT2D eigenvalue weighted by atomic mass is 16.5. The zero-order valence-electron chi connectivity index (χ0n) is 11.8. The molecule has 1 heterocycles. The van der Waals surface area contributed by atoms with Crippen molar-refractivity contribution in [3.63, 3.8) is 0 Å². The summed E-state index contributed by atoms with van der Waals surface area (Å²) >= 11 is 0. The number of ether oxygens (including phenoxy) is 1. The van der Waals surface area contributed by atoms with Gasteiger partial charge in [0.2, 0.25) is 0 Å². The molecule has 0 saturated heterocycles. The van der Waals surface area contributed by atoms with E-state index in [9.17, 15) is 0 Å². The van der Waals surface area contributed by atoms with E-state index in [-0.39, 0.29) is 0 Å². The number of anilines is 1. The minimum absolute atomic E-state index is 0.533.